The number of nitrogens with one attached hydrogen (secondary N) is 1. The van der Waals surface area contributed by atoms with E-state index in [9.17, 15) is 14.7 Å². The van der Waals surface area contributed by atoms with E-state index >= 15 is 0 Å². The molecule has 1 unspecified atom stereocenters. The Bertz CT molecular complexity index is 1270. The average molecular weight is 500 g/mol. The van der Waals surface area contributed by atoms with Crippen molar-refractivity contribution in [3.05, 3.63) is 101 Å². The number of carbonyl (C=O) groups is 2. The van der Waals surface area contributed by atoms with Gasteiger partial charge in [0.2, 0.25) is 5.78 Å². The molecule has 37 heavy (non-hydrogen) atoms. The third-order valence-electron chi connectivity index (χ3n) is 6.93. The fraction of sp³-hybridized carbons (Fsp3) is 0.300. The number of ether oxygens (including phenoxy) is 1. The number of Topliss-reactive ketones (excluding diaryl/α,β-unsaturated/α-hetero) is 1. The molecule has 1 aliphatic rings. The minimum atomic E-state index is -0.736. The number of benzene rings is 2. The maximum Gasteiger partial charge on any atom is 0.295 e. The van der Waals surface area contributed by atoms with Crippen LogP contribution in [0.2, 0.25) is 0 Å². The number of hydrogen-bond acceptors (Lipinski definition) is 5. The summed E-state index contributed by atoms with van der Waals surface area (Å²) in [7, 11) is 0. The number of pyridine rings is 1. The van der Waals surface area contributed by atoms with Crippen molar-refractivity contribution in [2.24, 2.45) is 0 Å². The molecule has 1 aliphatic heterocycles. The lowest BCUT2D eigenvalue weighted by Crippen LogP contribution is -3.12. The van der Waals surface area contributed by atoms with Crippen LogP contribution in [-0.2, 0) is 16.2 Å². The number of quaternary nitrogens is 1. The van der Waals surface area contributed by atoms with Crippen molar-refractivity contribution in [2.75, 3.05) is 26.2 Å². The third-order valence-corrected chi connectivity index (χ3v) is 6.93. The van der Waals surface area contributed by atoms with Crippen LogP contribution in [0.4, 0.5) is 0 Å². The first-order chi connectivity index (χ1) is 17.9. The monoisotopic (exact) mass is 499 g/mol. The molecule has 1 aromatic heterocycles. The zero-order valence-electron chi connectivity index (χ0n) is 21.6. The Kier molecular flexibility index (Phi) is 8.36. The number of rotatable bonds is 10. The molecular formula is C30H33N3O4. The fourth-order valence-corrected chi connectivity index (χ4v) is 4.72. The second kappa shape index (κ2) is 11.8. The number of hydrogen-bond donors (Lipinski definition) is 1. The summed E-state index contributed by atoms with van der Waals surface area (Å²) in [5.41, 5.74) is 2.87. The number of nitrogens with zero attached hydrogens (tertiary/aromatic N) is 2. The normalized spacial score (nSPS) is 17.0. The van der Waals surface area contributed by atoms with E-state index < -0.39 is 23.5 Å². The number of likely N-dealkylation sites (tertiary alicyclic amines) is 1. The number of likely N-dealkylation sites (N-methyl/N-ethyl adjacent to an activating group) is 1. The van der Waals surface area contributed by atoms with E-state index in [4.69, 9.17) is 4.74 Å². The Morgan fingerprint density at radius 2 is 1.73 bits per heavy atom. The molecule has 0 radical (unpaired) electrons. The van der Waals surface area contributed by atoms with Gasteiger partial charge in [-0.2, -0.15) is 0 Å². The van der Waals surface area contributed by atoms with E-state index in [1.54, 1.807) is 47.6 Å². The fourth-order valence-electron chi connectivity index (χ4n) is 4.72. The summed E-state index contributed by atoms with van der Waals surface area (Å²) in [6.07, 6.45) is 3.23. The lowest BCUT2D eigenvalue weighted by Gasteiger charge is -2.28. The lowest BCUT2D eigenvalue weighted by molar-refractivity contribution is -0.895. The van der Waals surface area contributed by atoms with E-state index in [0.29, 0.717) is 36.6 Å². The minimum Gasteiger partial charge on any atom is -0.872 e. The summed E-state index contributed by atoms with van der Waals surface area (Å²) in [6, 6.07) is 17.7. The van der Waals surface area contributed by atoms with Gasteiger partial charge >= 0.3 is 0 Å². The highest BCUT2D eigenvalue weighted by Crippen LogP contribution is 2.38. The molecule has 0 bridgehead atoms. The predicted molar refractivity (Wildman–Crippen MR) is 139 cm³/mol. The van der Waals surface area contributed by atoms with Gasteiger partial charge in [0.1, 0.15) is 12.4 Å². The highest BCUT2D eigenvalue weighted by atomic mass is 16.5. The second-order valence-electron chi connectivity index (χ2n) is 9.22. The molecule has 192 valence electrons. The van der Waals surface area contributed by atoms with Crippen LogP contribution in [0.15, 0.2) is 78.6 Å². The molecule has 2 heterocycles. The summed E-state index contributed by atoms with van der Waals surface area (Å²) < 4.78 is 5.95. The van der Waals surface area contributed by atoms with Crippen LogP contribution in [0.3, 0.4) is 0 Å². The van der Waals surface area contributed by atoms with Gasteiger partial charge in [-0.25, -0.2) is 0 Å². The maximum absolute atomic E-state index is 13.7. The first-order valence-corrected chi connectivity index (χ1v) is 12.7. The summed E-state index contributed by atoms with van der Waals surface area (Å²) in [5, 5.41) is 13.7. The van der Waals surface area contributed by atoms with Crippen molar-refractivity contribution in [3.63, 3.8) is 0 Å². The molecule has 1 amide bonds. The van der Waals surface area contributed by atoms with Crippen LogP contribution in [-0.4, -0.2) is 47.8 Å². The number of amides is 1. The average Bonchev–Trinajstić information content (AvgIpc) is 3.18. The highest BCUT2D eigenvalue weighted by Gasteiger charge is 2.44. The van der Waals surface area contributed by atoms with Gasteiger partial charge in [-0.15, -0.1) is 0 Å². The molecule has 1 N–H and O–H groups in total. The zero-order chi connectivity index (χ0) is 26.4. The Labute approximate surface area is 218 Å². The van der Waals surface area contributed by atoms with E-state index in [1.807, 2.05) is 37.3 Å². The molecule has 4 rings (SSSR count). The predicted octanol–water partition coefficient (Wildman–Crippen LogP) is 2.12. The Morgan fingerprint density at radius 3 is 2.38 bits per heavy atom. The van der Waals surface area contributed by atoms with Gasteiger partial charge in [0, 0.05) is 18.0 Å². The molecule has 7 nitrogen and oxygen atoms in total. The molecule has 0 spiro atoms. The minimum absolute atomic E-state index is 0.0110. The van der Waals surface area contributed by atoms with Gasteiger partial charge in [-0.05, 0) is 67.3 Å². The van der Waals surface area contributed by atoms with Gasteiger partial charge in [0.25, 0.3) is 5.91 Å². The highest BCUT2D eigenvalue weighted by molar-refractivity contribution is 6.46. The maximum atomic E-state index is 13.7. The lowest BCUT2D eigenvalue weighted by atomic mass is 9.95. The SMILES string of the molecule is CC[NH+](CC)CCN1C(=O)C(=O)C(=C([O-])c2ccc(OCc3ccccc3)c(C)c2)C1c1ccncc1. The number of ketones is 1. The van der Waals surface area contributed by atoms with Gasteiger partial charge in [-0.3, -0.25) is 14.6 Å². The molecular weight excluding hydrogens is 466 g/mol. The second-order valence-corrected chi connectivity index (χ2v) is 9.22. The third kappa shape index (κ3) is 5.73. The Hall–Kier alpha value is -3.97. The van der Waals surface area contributed by atoms with Crippen LogP contribution < -0.4 is 14.7 Å². The van der Waals surface area contributed by atoms with Crippen LogP contribution in [0.25, 0.3) is 5.76 Å². The van der Waals surface area contributed by atoms with Crippen LogP contribution in [0.5, 0.6) is 5.75 Å². The van der Waals surface area contributed by atoms with E-state index in [1.165, 1.54) is 4.90 Å². The van der Waals surface area contributed by atoms with Crippen molar-refractivity contribution in [3.8, 4) is 5.75 Å². The number of aromatic nitrogens is 1. The van der Waals surface area contributed by atoms with Crippen LogP contribution in [0, 0.1) is 6.92 Å². The Balaban J connectivity index is 1.66. The zero-order valence-corrected chi connectivity index (χ0v) is 21.6. The summed E-state index contributed by atoms with van der Waals surface area (Å²) >= 11 is 0. The summed E-state index contributed by atoms with van der Waals surface area (Å²) in [4.78, 5) is 33.3. The van der Waals surface area contributed by atoms with Gasteiger partial charge in [0.15, 0.2) is 0 Å². The summed E-state index contributed by atoms with van der Waals surface area (Å²) in [5.74, 6) is -1.14. The van der Waals surface area contributed by atoms with Gasteiger partial charge < -0.3 is 19.6 Å². The quantitative estimate of drug-likeness (QED) is 0.262. The van der Waals surface area contributed by atoms with E-state index in [2.05, 4.69) is 18.8 Å². The molecule has 1 fully saturated rings. The Morgan fingerprint density at radius 1 is 1.03 bits per heavy atom. The van der Waals surface area contributed by atoms with Crippen LogP contribution >= 0.6 is 0 Å². The smallest absolute Gasteiger partial charge is 0.295 e. The molecule has 0 aliphatic carbocycles. The van der Waals surface area contributed by atoms with E-state index in [0.717, 1.165) is 24.2 Å². The van der Waals surface area contributed by atoms with Crippen molar-refractivity contribution in [1.29, 1.82) is 0 Å². The van der Waals surface area contributed by atoms with Crippen molar-refractivity contribution >= 4 is 17.4 Å². The molecule has 0 saturated carbocycles. The molecule has 1 atom stereocenters. The first kappa shape index (κ1) is 26.1. The molecule has 7 heteroatoms. The van der Waals surface area contributed by atoms with Crippen molar-refractivity contribution in [1.82, 2.24) is 9.88 Å². The standard InChI is InChI=1S/C30H33N3O4/c1-4-32(5-2)17-18-33-27(23-13-15-31-16-14-23)26(29(35)30(33)36)28(34)24-11-12-25(21(3)19-24)37-20-22-9-7-6-8-10-22/h6-16,19,27,34H,4-5,17-18,20H2,1-3H3. The largest absolute Gasteiger partial charge is 0.872 e. The van der Waals surface area contributed by atoms with Gasteiger partial charge in [-0.1, -0.05) is 42.2 Å². The van der Waals surface area contributed by atoms with Gasteiger partial charge in [0.05, 0.1) is 32.2 Å². The van der Waals surface area contributed by atoms with Crippen molar-refractivity contribution in [2.45, 2.75) is 33.4 Å². The van der Waals surface area contributed by atoms with Crippen molar-refractivity contribution < 1.29 is 24.3 Å². The molecule has 2 aromatic carbocycles. The molecule has 3 aromatic rings. The first-order valence-electron chi connectivity index (χ1n) is 12.7. The summed E-state index contributed by atoms with van der Waals surface area (Å²) in [6.45, 7) is 9.37. The molecule has 1 saturated heterocycles. The number of carbonyl (C=O) groups excluding carboxylic acids is 2. The number of aryl methyl sites for hydroxylation is 1. The topological polar surface area (TPSA) is 87.0 Å². The van der Waals surface area contributed by atoms with Crippen LogP contribution in [0.1, 0.15) is 42.1 Å². The van der Waals surface area contributed by atoms with E-state index in [-0.39, 0.29) is 5.57 Å².